The van der Waals surface area contributed by atoms with Crippen molar-refractivity contribution in [1.29, 1.82) is 5.26 Å². The molecule has 0 aromatic carbocycles. The quantitative estimate of drug-likeness (QED) is 0.807. The lowest BCUT2D eigenvalue weighted by atomic mass is 9.95. The molecule has 0 spiro atoms. The molecule has 0 amide bonds. The number of hydrogen-bond donors (Lipinski definition) is 1. The highest BCUT2D eigenvalue weighted by Crippen LogP contribution is 2.16. The molecule has 1 N–H and O–H groups in total. The molecular formula is C11H16N2S. The summed E-state index contributed by atoms with van der Waals surface area (Å²) in [6, 6.07) is 6.49. The van der Waals surface area contributed by atoms with Crippen LogP contribution >= 0.6 is 11.3 Å². The van der Waals surface area contributed by atoms with E-state index in [1.54, 1.807) is 11.3 Å². The maximum atomic E-state index is 9.10. The number of hydrogen-bond acceptors (Lipinski definition) is 3. The van der Waals surface area contributed by atoms with E-state index in [1.165, 1.54) is 4.88 Å². The SMILES string of the molecule is CCC(C#N)(CC)NCc1cccs1. The van der Waals surface area contributed by atoms with Crippen LogP contribution in [0.15, 0.2) is 17.5 Å². The van der Waals surface area contributed by atoms with Crippen LogP contribution in [0.1, 0.15) is 31.6 Å². The summed E-state index contributed by atoms with van der Waals surface area (Å²) in [6.45, 7) is 4.90. The average molecular weight is 208 g/mol. The Hall–Kier alpha value is -0.850. The standard InChI is InChI=1S/C11H16N2S/c1-3-11(4-2,9-12)13-8-10-6-5-7-14-10/h5-7,13H,3-4,8H2,1-2H3. The van der Waals surface area contributed by atoms with Crippen molar-refractivity contribution in [3.05, 3.63) is 22.4 Å². The van der Waals surface area contributed by atoms with E-state index in [4.69, 9.17) is 5.26 Å². The third kappa shape index (κ3) is 2.57. The van der Waals surface area contributed by atoms with E-state index in [2.05, 4.69) is 22.8 Å². The molecule has 0 aliphatic rings. The maximum Gasteiger partial charge on any atom is 0.106 e. The van der Waals surface area contributed by atoms with Gasteiger partial charge in [0.1, 0.15) is 5.54 Å². The number of thiophene rings is 1. The molecule has 0 saturated carbocycles. The van der Waals surface area contributed by atoms with Crippen LogP contribution < -0.4 is 5.32 Å². The molecular weight excluding hydrogens is 192 g/mol. The number of nitrogens with zero attached hydrogens (tertiary/aromatic N) is 1. The summed E-state index contributed by atoms with van der Waals surface area (Å²) in [5, 5.41) is 14.5. The molecule has 0 atom stereocenters. The van der Waals surface area contributed by atoms with Crippen LogP contribution in [0.2, 0.25) is 0 Å². The van der Waals surface area contributed by atoms with Gasteiger partial charge in [0, 0.05) is 11.4 Å². The highest BCUT2D eigenvalue weighted by atomic mass is 32.1. The second-order valence-electron chi connectivity index (χ2n) is 3.33. The number of nitrogens with one attached hydrogen (secondary N) is 1. The van der Waals surface area contributed by atoms with Crippen LogP contribution in [0.25, 0.3) is 0 Å². The molecule has 1 aromatic heterocycles. The Kier molecular flexibility index (Phi) is 4.12. The molecule has 14 heavy (non-hydrogen) atoms. The Morgan fingerprint density at radius 1 is 1.50 bits per heavy atom. The normalized spacial score (nSPS) is 11.2. The predicted molar refractivity (Wildman–Crippen MR) is 60.1 cm³/mol. The van der Waals surface area contributed by atoms with Gasteiger partial charge in [-0.05, 0) is 24.3 Å². The highest BCUT2D eigenvalue weighted by molar-refractivity contribution is 7.09. The van der Waals surface area contributed by atoms with Crippen molar-refractivity contribution in [3.63, 3.8) is 0 Å². The van der Waals surface area contributed by atoms with Gasteiger partial charge in [-0.3, -0.25) is 5.32 Å². The second-order valence-corrected chi connectivity index (χ2v) is 4.37. The first kappa shape index (κ1) is 11.2. The number of nitriles is 1. The molecule has 2 nitrogen and oxygen atoms in total. The summed E-state index contributed by atoms with van der Waals surface area (Å²) in [7, 11) is 0. The van der Waals surface area contributed by atoms with Crippen molar-refractivity contribution in [2.24, 2.45) is 0 Å². The van der Waals surface area contributed by atoms with Crippen molar-refractivity contribution < 1.29 is 0 Å². The van der Waals surface area contributed by atoms with Crippen molar-refractivity contribution in [1.82, 2.24) is 5.32 Å². The van der Waals surface area contributed by atoms with Crippen LogP contribution in [0, 0.1) is 11.3 Å². The molecule has 1 rings (SSSR count). The molecule has 3 heteroatoms. The predicted octanol–water partition coefficient (Wildman–Crippen LogP) is 2.92. The summed E-state index contributed by atoms with van der Waals surface area (Å²) >= 11 is 1.72. The van der Waals surface area contributed by atoms with E-state index in [0.717, 1.165) is 19.4 Å². The van der Waals surface area contributed by atoms with Gasteiger partial charge in [-0.25, -0.2) is 0 Å². The topological polar surface area (TPSA) is 35.8 Å². The summed E-state index contributed by atoms with van der Waals surface area (Å²) in [4.78, 5) is 1.28. The van der Waals surface area contributed by atoms with Gasteiger partial charge in [0.05, 0.1) is 6.07 Å². The molecule has 0 radical (unpaired) electrons. The fourth-order valence-electron chi connectivity index (χ4n) is 1.37. The first-order valence-corrected chi connectivity index (χ1v) is 5.83. The molecule has 76 valence electrons. The lowest BCUT2D eigenvalue weighted by Gasteiger charge is -2.24. The van der Waals surface area contributed by atoms with Gasteiger partial charge < -0.3 is 0 Å². The Morgan fingerprint density at radius 3 is 2.64 bits per heavy atom. The van der Waals surface area contributed by atoms with Gasteiger partial charge in [0.25, 0.3) is 0 Å². The zero-order valence-corrected chi connectivity index (χ0v) is 9.53. The third-order valence-corrected chi connectivity index (χ3v) is 3.48. The van der Waals surface area contributed by atoms with Crippen molar-refractivity contribution in [2.75, 3.05) is 0 Å². The minimum absolute atomic E-state index is 0.343. The lowest BCUT2D eigenvalue weighted by Crippen LogP contribution is -2.42. The molecule has 0 unspecified atom stereocenters. The second kappa shape index (κ2) is 5.14. The van der Waals surface area contributed by atoms with E-state index in [0.29, 0.717) is 0 Å². The Labute approximate surface area is 89.6 Å². The van der Waals surface area contributed by atoms with E-state index in [9.17, 15) is 0 Å². The van der Waals surface area contributed by atoms with E-state index in [1.807, 2.05) is 19.9 Å². The van der Waals surface area contributed by atoms with Gasteiger partial charge >= 0.3 is 0 Å². The number of rotatable bonds is 5. The van der Waals surface area contributed by atoms with E-state index >= 15 is 0 Å². The van der Waals surface area contributed by atoms with Crippen LogP contribution in [0.4, 0.5) is 0 Å². The Bertz CT molecular complexity index is 294. The highest BCUT2D eigenvalue weighted by Gasteiger charge is 2.24. The van der Waals surface area contributed by atoms with Gasteiger partial charge in [-0.1, -0.05) is 19.9 Å². The van der Waals surface area contributed by atoms with Crippen LogP contribution in [-0.4, -0.2) is 5.54 Å². The summed E-state index contributed by atoms with van der Waals surface area (Å²) < 4.78 is 0. The fourth-order valence-corrected chi connectivity index (χ4v) is 2.01. The summed E-state index contributed by atoms with van der Waals surface area (Å²) in [5.41, 5.74) is -0.343. The van der Waals surface area contributed by atoms with Gasteiger partial charge in [0.2, 0.25) is 0 Å². The van der Waals surface area contributed by atoms with E-state index in [-0.39, 0.29) is 5.54 Å². The molecule has 1 aromatic rings. The van der Waals surface area contributed by atoms with Gasteiger partial charge in [-0.2, -0.15) is 5.26 Å². The first-order valence-electron chi connectivity index (χ1n) is 4.95. The van der Waals surface area contributed by atoms with Crippen LogP contribution in [0.3, 0.4) is 0 Å². The van der Waals surface area contributed by atoms with Gasteiger partial charge in [-0.15, -0.1) is 11.3 Å². The van der Waals surface area contributed by atoms with Gasteiger partial charge in [0.15, 0.2) is 0 Å². The Balaban J connectivity index is 2.54. The minimum atomic E-state index is -0.343. The van der Waals surface area contributed by atoms with E-state index < -0.39 is 0 Å². The lowest BCUT2D eigenvalue weighted by molar-refractivity contribution is 0.386. The first-order chi connectivity index (χ1) is 6.76. The molecule has 1 heterocycles. The van der Waals surface area contributed by atoms with Crippen LogP contribution in [0.5, 0.6) is 0 Å². The van der Waals surface area contributed by atoms with Crippen molar-refractivity contribution in [3.8, 4) is 6.07 Å². The monoisotopic (exact) mass is 208 g/mol. The molecule has 0 aliphatic heterocycles. The minimum Gasteiger partial charge on any atom is -0.294 e. The van der Waals surface area contributed by atoms with Crippen molar-refractivity contribution >= 4 is 11.3 Å². The fraction of sp³-hybridized carbons (Fsp3) is 0.545. The van der Waals surface area contributed by atoms with Crippen molar-refractivity contribution in [2.45, 2.75) is 38.8 Å². The van der Waals surface area contributed by atoms with Crippen LogP contribution in [-0.2, 0) is 6.54 Å². The third-order valence-electron chi connectivity index (χ3n) is 2.60. The Morgan fingerprint density at radius 2 is 2.21 bits per heavy atom. The molecule has 0 fully saturated rings. The summed E-state index contributed by atoms with van der Waals surface area (Å²) in [6.07, 6.45) is 1.71. The molecule has 0 saturated heterocycles. The molecule has 0 aliphatic carbocycles. The zero-order valence-electron chi connectivity index (χ0n) is 8.71. The smallest absolute Gasteiger partial charge is 0.106 e. The summed E-state index contributed by atoms with van der Waals surface area (Å²) in [5.74, 6) is 0. The molecule has 0 bridgehead atoms. The maximum absolute atomic E-state index is 9.10. The largest absolute Gasteiger partial charge is 0.294 e. The zero-order chi connectivity index (χ0) is 10.4. The average Bonchev–Trinajstić information content (AvgIpc) is 2.74.